The molecule has 2 aromatic rings. The van der Waals surface area contributed by atoms with E-state index in [2.05, 4.69) is 4.72 Å². The van der Waals surface area contributed by atoms with Crippen molar-refractivity contribution in [1.29, 1.82) is 0 Å². The summed E-state index contributed by atoms with van der Waals surface area (Å²) < 4.78 is 27.7. The van der Waals surface area contributed by atoms with Crippen molar-refractivity contribution in [2.24, 2.45) is 0 Å². The molecule has 0 bridgehead atoms. The molecule has 0 aliphatic rings. The number of sulfonamides is 1. The highest BCUT2D eigenvalue weighted by molar-refractivity contribution is 7.89. The van der Waals surface area contributed by atoms with Gasteiger partial charge < -0.3 is 9.80 Å². The van der Waals surface area contributed by atoms with Crippen molar-refractivity contribution in [1.82, 2.24) is 9.62 Å². The van der Waals surface area contributed by atoms with Crippen LogP contribution >= 0.6 is 0 Å². The number of nitro groups is 1. The number of nitrogens with one attached hydrogen (secondary N) is 1. The summed E-state index contributed by atoms with van der Waals surface area (Å²) in [6.07, 6.45) is 0. The Morgan fingerprint density at radius 2 is 1.70 bits per heavy atom. The van der Waals surface area contributed by atoms with E-state index in [9.17, 15) is 18.5 Å². The van der Waals surface area contributed by atoms with Gasteiger partial charge in [-0.25, -0.2) is 13.1 Å². The molecule has 0 radical (unpaired) electrons. The minimum Gasteiger partial charge on any atom is -0.378 e. The lowest BCUT2D eigenvalue weighted by atomic mass is 10.1. The van der Waals surface area contributed by atoms with Gasteiger partial charge in [-0.2, -0.15) is 0 Å². The van der Waals surface area contributed by atoms with Gasteiger partial charge in [0.05, 0.1) is 9.82 Å². The van der Waals surface area contributed by atoms with E-state index >= 15 is 0 Å². The summed E-state index contributed by atoms with van der Waals surface area (Å²) in [6, 6.07) is 12.7. The van der Waals surface area contributed by atoms with Crippen LogP contribution in [0.25, 0.3) is 0 Å². The molecule has 2 aromatic carbocycles. The second-order valence-corrected chi connectivity index (χ2v) is 8.34. The van der Waals surface area contributed by atoms with Crippen LogP contribution in [-0.4, -0.2) is 53.0 Å². The van der Waals surface area contributed by atoms with Crippen molar-refractivity contribution in [2.45, 2.75) is 10.9 Å². The van der Waals surface area contributed by atoms with E-state index in [4.69, 9.17) is 0 Å². The summed E-state index contributed by atoms with van der Waals surface area (Å²) in [7, 11) is 3.77. The Labute approximate surface area is 159 Å². The van der Waals surface area contributed by atoms with Crippen LogP contribution in [-0.2, 0) is 10.0 Å². The van der Waals surface area contributed by atoms with Crippen molar-refractivity contribution in [2.75, 3.05) is 39.6 Å². The molecule has 8 nitrogen and oxygen atoms in total. The molecule has 0 fully saturated rings. The van der Waals surface area contributed by atoms with Crippen LogP contribution in [0.1, 0.15) is 11.6 Å². The van der Waals surface area contributed by atoms with E-state index in [1.807, 2.05) is 62.3 Å². The average Bonchev–Trinajstić information content (AvgIpc) is 2.62. The minimum absolute atomic E-state index is 0.128. The zero-order valence-electron chi connectivity index (χ0n) is 15.8. The molecule has 1 unspecified atom stereocenters. The van der Waals surface area contributed by atoms with Gasteiger partial charge >= 0.3 is 0 Å². The van der Waals surface area contributed by atoms with Gasteiger partial charge in [0, 0.05) is 44.5 Å². The number of hydrogen-bond acceptors (Lipinski definition) is 6. The first-order valence-electron chi connectivity index (χ1n) is 8.29. The smallest absolute Gasteiger partial charge is 0.270 e. The van der Waals surface area contributed by atoms with Crippen molar-refractivity contribution in [3.63, 3.8) is 0 Å². The van der Waals surface area contributed by atoms with Gasteiger partial charge in [0.2, 0.25) is 10.0 Å². The maximum absolute atomic E-state index is 12.5. The van der Waals surface area contributed by atoms with Crippen molar-refractivity contribution in [3.05, 3.63) is 64.2 Å². The first kappa shape index (κ1) is 20.8. The lowest BCUT2D eigenvalue weighted by molar-refractivity contribution is -0.385. The van der Waals surface area contributed by atoms with Gasteiger partial charge in [0.25, 0.3) is 5.69 Å². The third-order valence-electron chi connectivity index (χ3n) is 4.22. The summed E-state index contributed by atoms with van der Waals surface area (Å²) in [5, 5.41) is 10.9. The summed E-state index contributed by atoms with van der Waals surface area (Å²) in [5.74, 6) is 0. The molecule has 0 spiro atoms. The highest BCUT2D eigenvalue weighted by Gasteiger charge is 2.21. The van der Waals surface area contributed by atoms with Crippen LogP contribution in [0.3, 0.4) is 0 Å². The number of hydrogen-bond donors (Lipinski definition) is 1. The molecule has 0 aromatic heterocycles. The molecule has 0 aliphatic heterocycles. The largest absolute Gasteiger partial charge is 0.378 e. The second kappa shape index (κ2) is 8.47. The van der Waals surface area contributed by atoms with Crippen LogP contribution in [0.2, 0.25) is 0 Å². The zero-order valence-corrected chi connectivity index (χ0v) is 16.6. The number of nitro benzene ring substituents is 1. The fourth-order valence-corrected chi connectivity index (χ4v) is 3.71. The highest BCUT2D eigenvalue weighted by Crippen LogP contribution is 2.22. The van der Waals surface area contributed by atoms with Crippen LogP contribution in [0.15, 0.2) is 53.4 Å². The Balaban J connectivity index is 2.19. The van der Waals surface area contributed by atoms with E-state index < -0.39 is 14.9 Å². The van der Waals surface area contributed by atoms with E-state index in [-0.39, 0.29) is 23.2 Å². The maximum Gasteiger partial charge on any atom is 0.270 e. The number of likely N-dealkylation sites (N-methyl/N-ethyl adjacent to an activating group) is 1. The fraction of sp³-hybridized carbons (Fsp3) is 0.333. The molecule has 0 saturated heterocycles. The van der Waals surface area contributed by atoms with Gasteiger partial charge in [0.15, 0.2) is 0 Å². The molecule has 0 heterocycles. The molecule has 9 heteroatoms. The topological polar surface area (TPSA) is 95.8 Å². The lowest BCUT2D eigenvalue weighted by Crippen LogP contribution is -2.34. The van der Waals surface area contributed by atoms with Gasteiger partial charge in [0.1, 0.15) is 0 Å². The van der Waals surface area contributed by atoms with E-state index in [1.54, 1.807) is 0 Å². The molecule has 0 amide bonds. The number of benzene rings is 2. The van der Waals surface area contributed by atoms with Crippen LogP contribution in [0.4, 0.5) is 11.4 Å². The molecule has 146 valence electrons. The monoisotopic (exact) mass is 392 g/mol. The van der Waals surface area contributed by atoms with E-state index in [1.165, 1.54) is 18.2 Å². The molecule has 1 atom stereocenters. The first-order chi connectivity index (χ1) is 12.6. The highest BCUT2D eigenvalue weighted by atomic mass is 32.2. The van der Waals surface area contributed by atoms with Gasteiger partial charge in [-0.05, 0) is 37.9 Å². The van der Waals surface area contributed by atoms with Crippen molar-refractivity contribution >= 4 is 21.4 Å². The Bertz CT molecular complexity index is 896. The molecule has 0 aliphatic carbocycles. The number of anilines is 1. The maximum atomic E-state index is 12.5. The zero-order chi connectivity index (χ0) is 20.2. The van der Waals surface area contributed by atoms with Gasteiger partial charge in [-0.15, -0.1) is 0 Å². The van der Waals surface area contributed by atoms with E-state index in [0.29, 0.717) is 0 Å². The van der Waals surface area contributed by atoms with Crippen molar-refractivity contribution < 1.29 is 13.3 Å². The third-order valence-corrected chi connectivity index (χ3v) is 5.64. The molecule has 2 rings (SSSR count). The normalized spacial score (nSPS) is 12.8. The SMILES string of the molecule is CN(C)c1ccc(C(CNS(=O)(=O)c2cccc([N+](=O)[O-])c2)N(C)C)cc1. The van der Waals surface area contributed by atoms with Crippen LogP contribution in [0, 0.1) is 10.1 Å². The fourth-order valence-electron chi connectivity index (χ4n) is 2.63. The molecule has 1 N–H and O–H groups in total. The summed E-state index contributed by atoms with van der Waals surface area (Å²) in [6.45, 7) is 0.138. The average molecular weight is 392 g/mol. The van der Waals surface area contributed by atoms with E-state index in [0.717, 1.165) is 17.3 Å². The van der Waals surface area contributed by atoms with Gasteiger partial charge in [-0.3, -0.25) is 10.1 Å². The predicted molar refractivity (Wildman–Crippen MR) is 105 cm³/mol. The standard InChI is InChI=1S/C18H24N4O4S/c1-20(2)15-10-8-14(9-11-15)18(21(3)4)13-19-27(25,26)17-7-5-6-16(12-17)22(23)24/h5-12,18-19H,13H2,1-4H3. The first-order valence-corrected chi connectivity index (χ1v) is 9.78. The summed E-state index contributed by atoms with van der Waals surface area (Å²) in [4.78, 5) is 14.0. The number of non-ortho nitro benzene ring substituents is 1. The molecule has 0 saturated carbocycles. The van der Waals surface area contributed by atoms with Gasteiger partial charge in [-0.1, -0.05) is 18.2 Å². The summed E-state index contributed by atoms with van der Waals surface area (Å²) in [5.41, 5.74) is 1.75. The Hall–Kier alpha value is -2.49. The number of rotatable bonds is 8. The predicted octanol–water partition coefficient (Wildman–Crippen LogP) is 2.24. The Morgan fingerprint density at radius 1 is 1.07 bits per heavy atom. The quantitative estimate of drug-likeness (QED) is 0.547. The second-order valence-electron chi connectivity index (χ2n) is 6.57. The molecular formula is C18H24N4O4S. The lowest BCUT2D eigenvalue weighted by Gasteiger charge is -2.25. The number of nitrogens with zero attached hydrogens (tertiary/aromatic N) is 3. The Morgan fingerprint density at radius 3 is 2.22 bits per heavy atom. The van der Waals surface area contributed by atoms with Crippen LogP contribution < -0.4 is 9.62 Å². The minimum atomic E-state index is -3.86. The van der Waals surface area contributed by atoms with Crippen molar-refractivity contribution in [3.8, 4) is 0 Å². The molecule has 27 heavy (non-hydrogen) atoms. The third kappa shape index (κ3) is 5.25. The van der Waals surface area contributed by atoms with Crippen LogP contribution in [0.5, 0.6) is 0 Å². The summed E-state index contributed by atoms with van der Waals surface area (Å²) >= 11 is 0. The Kier molecular flexibility index (Phi) is 6.53. The molecular weight excluding hydrogens is 368 g/mol.